The fourth-order valence-electron chi connectivity index (χ4n) is 3.08. The van der Waals surface area contributed by atoms with Gasteiger partial charge in [-0.1, -0.05) is 78.9 Å². The Labute approximate surface area is 175 Å². The number of nitrogens with zero attached hydrogens (tertiary/aromatic N) is 1. The third kappa shape index (κ3) is 4.50. The van der Waals surface area contributed by atoms with E-state index in [0.717, 1.165) is 16.3 Å². The van der Waals surface area contributed by atoms with E-state index in [1.165, 1.54) is 18.3 Å². The van der Waals surface area contributed by atoms with Gasteiger partial charge in [-0.3, -0.25) is 0 Å². The maximum atomic E-state index is 12.4. The van der Waals surface area contributed by atoms with Gasteiger partial charge in [0.2, 0.25) is 0 Å². The smallest absolute Gasteiger partial charge is 0.276 e. The van der Waals surface area contributed by atoms with E-state index in [9.17, 15) is 8.42 Å². The molecule has 0 heterocycles. The largest absolute Gasteiger partial charge is 0.488 e. The molecule has 6 heteroatoms. The Bertz CT molecular complexity index is 1270. The van der Waals surface area contributed by atoms with E-state index in [1.807, 2.05) is 66.7 Å². The van der Waals surface area contributed by atoms with E-state index in [1.54, 1.807) is 18.2 Å². The molecular formula is C24H20N2O3S. The van der Waals surface area contributed by atoms with Crippen LogP contribution in [0.3, 0.4) is 0 Å². The lowest BCUT2D eigenvalue weighted by Crippen LogP contribution is -2.18. The molecule has 0 aliphatic carbocycles. The zero-order valence-electron chi connectivity index (χ0n) is 16.1. The number of hydrogen-bond donors (Lipinski definition) is 1. The highest BCUT2D eigenvalue weighted by Crippen LogP contribution is 2.27. The highest BCUT2D eigenvalue weighted by atomic mass is 32.2. The first-order chi connectivity index (χ1) is 14.6. The van der Waals surface area contributed by atoms with Crippen LogP contribution in [0.2, 0.25) is 0 Å². The number of benzene rings is 4. The minimum atomic E-state index is -3.74. The lowest BCUT2D eigenvalue weighted by atomic mass is 10.0. The molecule has 30 heavy (non-hydrogen) atoms. The molecule has 4 rings (SSSR count). The van der Waals surface area contributed by atoms with Crippen molar-refractivity contribution in [3.8, 4) is 5.75 Å². The summed E-state index contributed by atoms with van der Waals surface area (Å²) in [5.41, 5.74) is 1.75. The fraction of sp³-hybridized carbons (Fsp3) is 0.0417. The van der Waals surface area contributed by atoms with E-state index >= 15 is 0 Å². The van der Waals surface area contributed by atoms with Gasteiger partial charge in [-0.2, -0.15) is 13.5 Å². The van der Waals surface area contributed by atoms with Crippen LogP contribution in [0.15, 0.2) is 107 Å². The molecule has 0 atom stereocenters. The normalized spacial score (nSPS) is 11.6. The number of nitrogens with one attached hydrogen (secondary N) is 1. The molecule has 0 saturated heterocycles. The van der Waals surface area contributed by atoms with Gasteiger partial charge >= 0.3 is 0 Å². The molecule has 0 spiro atoms. The van der Waals surface area contributed by atoms with Crippen LogP contribution in [-0.2, 0) is 16.6 Å². The maximum Gasteiger partial charge on any atom is 0.276 e. The summed E-state index contributed by atoms with van der Waals surface area (Å²) in [4.78, 5) is 2.43. The van der Waals surface area contributed by atoms with Gasteiger partial charge in [0.25, 0.3) is 10.0 Å². The molecule has 4 aromatic carbocycles. The van der Waals surface area contributed by atoms with Crippen LogP contribution in [0.25, 0.3) is 10.8 Å². The summed E-state index contributed by atoms with van der Waals surface area (Å²) in [6, 6.07) is 29.6. The third-order valence-corrected chi connectivity index (χ3v) is 5.83. The molecule has 0 amide bonds. The highest BCUT2D eigenvalue weighted by molar-refractivity contribution is 7.89. The molecule has 0 fully saturated rings. The second kappa shape index (κ2) is 8.80. The monoisotopic (exact) mass is 416 g/mol. The Morgan fingerprint density at radius 2 is 1.47 bits per heavy atom. The Balaban J connectivity index is 1.63. The number of ether oxygens (including phenoxy) is 1. The van der Waals surface area contributed by atoms with Crippen LogP contribution in [-0.4, -0.2) is 14.6 Å². The average Bonchev–Trinajstić information content (AvgIpc) is 2.79. The minimum absolute atomic E-state index is 0.153. The van der Waals surface area contributed by atoms with E-state index in [2.05, 4.69) is 9.93 Å². The molecule has 0 radical (unpaired) electrons. The molecule has 0 aliphatic heterocycles. The molecule has 0 aliphatic rings. The molecular weight excluding hydrogens is 396 g/mol. The van der Waals surface area contributed by atoms with E-state index in [-0.39, 0.29) is 4.90 Å². The lowest BCUT2D eigenvalue weighted by molar-refractivity contribution is 0.306. The third-order valence-electron chi connectivity index (χ3n) is 4.59. The van der Waals surface area contributed by atoms with Crippen LogP contribution >= 0.6 is 0 Å². The Hall–Kier alpha value is -3.64. The first-order valence-electron chi connectivity index (χ1n) is 9.42. The van der Waals surface area contributed by atoms with Crippen molar-refractivity contribution >= 4 is 27.0 Å². The fourth-order valence-corrected chi connectivity index (χ4v) is 3.89. The van der Waals surface area contributed by atoms with Gasteiger partial charge in [0, 0.05) is 5.56 Å². The SMILES string of the molecule is O=S(=O)(N/N=C\c1c(OCc2ccccc2)ccc2ccccc12)c1ccccc1. The number of hydrazone groups is 1. The van der Waals surface area contributed by atoms with Gasteiger partial charge in [0.15, 0.2) is 0 Å². The predicted octanol–water partition coefficient (Wildman–Crippen LogP) is 4.73. The summed E-state index contributed by atoms with van der Waals surface area (Å²) in [6.45, 7) is 0.399. The number of sulfonamides is 1. The highest BCUT2D eigenvalue weighted by Gasteiger charge is 2.12. The molecule has 1 N–H and O–H groups in total. The number of hydrogen-bond acceptors (Lipinski definition) is 4. The molecule has 0 aromatic heterocycles. The summed E-state index contributed by atoms with van der Waals surface area (Å²) in [6.07, 6.45) is 1.49. The van der Waals surface area contributed by atoms with E-state index in [4.69, 9.17) is 4.74 Å². The molecule has 0 bridgehead atoms. The Morgan fingerprint density at radius 3 is 2.23 bits per heavy atom. The first-order valence-corrected chi connectivity index (χ1v) is 10.9. The van der Waals surface area contributed by atoms with E-state index in [0.29, 0.717) is 17.9 Å². The zero-order valence-corrected chi connectivity index (χ0v) is 16.9. The van der Waals surface area contributed by atoms with Crippen molar-refractivity contribution in [2.45, 2.75) is 11.5 Å². The van der Waals surface area contributed by atoms with Gasteiger partial charge in [0.05, 0.1) is 11.1 Å². The lowest BCUT2D eigenvalue weighted by Gasteiger charge is -2.12. The van der Waals surface area contributed by atoms with Gasteiger partial charge in [-0.25, -0.2) is 4.83 Å². The topological polar surface area (TPSA) is 67.8 Å². The second-order valence-electron chi connectivity index (χ2n) is 6.64. The van der Waals surface area contributed by atoms with Crippen molar-refractivity contribution < 1.29 is 13.2 Å². The van der Waals surface area contributed by atoms with Crippen LogP contribution in [0.1, 0.15) is 11.1 Å². The molecule has 0 saturated carbocycles. The van der Waals surface area contributed by atoms with Gasteiger partial charge in [0.1, 0.15) is 12.4 Å². The van der Waals surface area contributed by atoms with Gasteiger partial charge < -0.3 is 4.74 Å². The van der Waals surface area contributed by atoms with Crippen molar-refractivity contribution in [2.24, 2.45) is 5.10 Å². The van der Waals surface area contributed by atoms with Crippen molar-refractivity contribution in [3.63, 3.8) is 0 Å². The molecule has 0 unspecified atom stereocenters. The number of fused-ring (bicyclic) bond motifs is 1. The summed E-state index contributed by atoms with van der Waals surface area (Å²) in [5, 5.41) is 5.95. The molecule has 150 valence electrons. The van der Waals surface area contributed by atoms with Crippen LogP contribution in [0.5, 0.6) is 5.75 Å². The summed E-state index contributed by atoms with van der Waals surface area (Å²) in [5.74, 6) is 0.625. The van der Waals surface area contributed by atoms with Crippen LogP contribution < -0.4 is 9.57 Å². The minimum Gasteiger partial charge on any atom is -0.488 e. The standard InChI is InChI=1S/C24H20N2O3S/c27-30(28,21-12-5-2-6-13-21)26-25-17-23-22-14-8-7-11-20(22)15-16-24(23)29-18-19-9-3-1-4-10-19/h1-17,26H,18H2/b25-17-. The molecule has 5 nitrogen and oxygen atoms in total. The van der Waals surface area contributed by atoms with Crippen molar-refractivity contribution in [3.05, 3.63) is 108 Å². The zero-order chi connectivity index (χ0) is 20.8. The summed E-state index contributed by atoms with van der Waals surface area (Å²) in [7, 11) is -3.74. The maximum absolute atomic E-state index is 12.4. The Morgan fingerprint density at radius 1 is 0.800 bits per heavy atom. The van der Waals surface area contributed by atoms with Crippen LogP contribution in [0.4, 0.5) is 0 Å². The summed E-state index contributed by atoms with van der Waals surface area (Å²) >= 11 is 0. The van der Waals surface area contributed by atoms with Gasteiger partial charge in [-0.15, -0.1) is 0 Å². The van der Waals surface area contributed by atoms with Gasteiger partial charge in [-0.05, 0) is 34.5 Å². The van der Waals surface area contributed by atoms with Crippen LogP contribution in [0, 0.1) is 0 Å². The van der Waals surface area contributed by atoms with E-state index < -0.39 is 10.0 Å². The Kier molecular flexibility index (Phi) is 5.77. The quantitative estimate of drug-likeness (QED) is 0.350. The molecule has 4 aromatic rings. The summed E-state index contributed by atoms with van der Waals surface area (Å²) < 4.78 is 30.9. The van der Waals surface area contributed by atoms with Crippen molar-refractivity contribution in [1.82, 2.24) is 4.83 Å². The first kappa shape index (κ1) is 19.7. The van der Waals surface area contributed by atoms with Crippen molar-refractivity contribution in [2.75, 3.05) is 0 Å². The average molecular weight is 417 g/mol. The predicted molar refractivity (Wildman–Crippen MR) is 119 cm³/mol. The number of rotatable bonds is 7. The second-order valence-corrected chi connectivity index (χ2v) is 8.30. The van der Waals surface area contributed by atoms with Crippen molar-refractivity contribution in [1.29, 1.82) is 0 Å².